The molecule has 0 aliphatic rings. The Morgan fingerprint density at radius 1 is 1.08 bits per heavy atom. The summed E-state index contributed by atoms with van der Waals surface area (Å²) in [4.78, 5) is 18.4. The second kappa shape index (κ2) is 6.53. The average molecular weight is 340 g/mol. The van der Waals surface area contributed by atoms with Crippen molar-refractivity contribution in [2.75, 3.05) is 0 Å². The van der Waals surface area contributed by atoms with E-state index in [2.05, 4.69) is 4.99 Å². The molecule has 3 nitrogen and oxygen atoms in total. The Bertz CT molecular complexity index is 968. The number of aromatic nitrogens is 1. The number of benzene rings is 2. The summed E-state index contributed by atoms with van der Waals surface area (Å²) in [5.41, 5.74) is 3.35. The van der Waals surface area contributed by atoms with Crippen molar-refractivity contribution in [3.63, 3.8) is 0 Å². The van der Waals surface area contributed by atoms with E-state index in [1.54, 1.807) is 18.2 Å². The van der Waals surface area contributed by atoms with E-state index in [4.69, 9.17) is 0 Å². The van der Waals surface area contributed by atoms with Crippen LogP contribution in [0.2, 0.25) is 0 Å². The molecule has 122 valence electrons. The van der Waals surface area contributed by atoms with Crippen LogP contribution in [0.1, 0.15) is 20.8 Å². The minimum atomic E-state index is -0.270. The topological polar surface area (TPSA) is 34.4 Å². The lowest BCUT2D eigenvalue weighted by Crippen LogP contribution is -2.14. The quantitative estimate of drug-likeness (QED) is 0.687. The zero-order valence-electron chi connectivity index (χ0n) is 13.7. The van der Waals surface area contributed by atoms with Crippen LogP contribution in [0.25, 0.3) is 11.3 Å². The maximum absolute atomic E-state index is 13.1. The van der Waals surface area contributed by atoms with Crippen LogP contribution in [0.5, 0.6) is 0 Å². The van der Waals surface area contributed by atoms with Crippen LogP contribution in [-0.4, -0.2) is 10.5 Å². The first kappa shape index (κ1) is 16.3. The lowest BCUT2D eigenvalue weighted by molar-refractivity contribution is 0.0997. The molecule has 0 bridgehead atoms. The van der Waals surface area contributed by atoms with Crippen molar-refractivity contribution in [3.05, 3.63) is 75.2 Å². The fourth-order valence-corrected chi connectivity index (χ4v) is 3.63. The van der Waals surface area contributed by atoms with Gasteiger partial charge in [-0.1, -0.05) is 18.2 Å². The van der Waals surface area contributed by atoms with Crippen molar-refractivity contribution in [3.8, 4) is 11.3 Å². The largest absolute Gasteiger partial charge is 0.319 e. The third kappa shape index (κ3) is 3.08. The highest BCUT2D eigenvalue weighted by Gasteiger charge is 2.12. The molecule has 0 aliphatic heterocycles. The van der Waals surface area contributed by atoms with E-state index in [1.807, 2.05) is 43.7 Å². The molecule has 0 saturated heterocycles. The minimum Gasteiger partial charge on any atom is -0.319 e. The molecule has 2 aromatic carbocycles. The number of thiazole rings is 1. The molecule has 1 heterocycles. The van der Waals surface area contributed by atoms with Gasteiger partial charge in [-0.3, -0.25) is 4.79 Å². The summed E-state index contributed by atoms with van der Waals surface area (Å²) in [7, 11) is 1.87. The van der Waals surface area contributed by atoms with E-state index in [9.17, 15) is 9.18 Å². The lowest BCUT2D eigenvalue weighted by atomic mass is 10.1. The van der Waals surface area contributed by atoms with Gasteiger partial charge in [0, 0.05) is 17.5 Å². The second-order valence-corrected chi connectivity index (χ2v) is 6.77. The molecule has 24 heavy (non-hydrogen) atoms. The Kier molecular flexibility index (Phi) is 4.44. The molecule has 3 aromatic rings. The maximum Gasteiger partial charge on any atom is 0.279 e. The molecule has 0 unspecified atom stereocenters. The predicted molar refractivity (Wildman–Crippen MR) is 94.5 cm³/mol. The first-order chi connectivity index (χ1) is 11.5. The van der Waals surface area contributed by atoms with Gasteiger partial charge in [0.1, 0.15) is 5.82 Å². The summed E-state index contributed by atoms with van der Waals surface area (Å²) in [6.45, 7) is 3.87. The number of amides is 1. The summed E-state index contributed by atoms with van der Waals surface area (Å²) < 4.78 is 15.0. The lowest BCUT2D eigenvalue weighted by Gasteiger charge is -2.04. The van der Waals surface area contributed by atoms with Gasteiger partial charge in [0.25, 0.3) is 5.91 Å². The SMILES string of the molecule is Cc1ccccc1C(=O)N=c1sc(C)c(-c2ccc(F)cc2)n1C. The Morgan fingerprint density at radius 3 is 2.42 bits per heavy atom. The fourth-order valence-electron chi connectivity index (χ4n) is 2.65. The van der Waals surface area contributed by atoms with Crippen molar-refractivity contribution < 1.29 is 9.18 Å². The fraction of sp³-hybridized carbons (Fsp3) is 0.158. The predicted octanol–water partition coefficient (Wildman–Crippen LogP) is 4.25. The first-order valence-corrected chi connectivity index (χ1v) is 8.36. The highest BCUT2D eigenvalue weighted by Crippen LogP contribution is 2.24. The summed E-state index contributed by atoms with van der Waals surface area (Å²) in [6.07, 6.45) is 0. The first-order valence-electron chi connectivity index (χ1n) is 7.54. The van der Waals surface area contributed by atoms with E-state index in [1.165, 1.54) is 23.5 Å². The molecule has 0 atom stereocenters. The van der Waals surface area contributed by atoms with E-state index in [0.29, 0.717) is 10.4 Å². The van der Waals surface area contributed by atoms with Crippen LogP contribution in [0, 0.1) is 19.7 Å². The van der Waals surface area contributed by atoms with Crippen LogP contribution in [0.4, 0.5) is 4.39 Å². The number of rotatable bonds is 2. The zero-order chi connectivity index (χ0) is 17.3. The molecule has 0 spiro atoms. The van der Waals surface area contributed by atoms with Crippen molar-refractivity contribution in [2.24, 2.45) is 12.0 Å². The molecule has 0 N–H and O–H groups in total. The summed E-state index contributed by atoms with van der Waals surface area (Å²) in [6, 6.07) is 13.7. The van der Waals surface area contributed by atoms with Gasteiger partial charge < -0.3 is 4.57 Å². The van der Waals surface area contributed by atoms with Crippen LogP contribution in [-0.2, 0) is 7.05 Å². The van der Waals surface area contributed by atoms with Crippen molar-refractivity contribution in [1.82, 2.24) is 4.57 Å². The Balaban J connectivity index is 2.07. The molecule has 5 heteroatoms. The number of hydrogen-bond acceptors (Lipinski definition) is 2. The number of halogens is 1. The van der Waals surface area contributed by atoms with E-state index in [-0.39, 0.29) is 11.7 Å². The van der Waals surface area contributed by atoms with Crippen molar-refractivity contribution in [1.29, 1.82) is 0 Å². The van der Waals surface area contributed by atoms with Gasteiger partial charge in [0.2, 0.25) is 0 Å². The zero-order valence-corrected chi connectivity index (χ0v) is 14.5. The van der Waals surface area contributed by atoms with Gasteiger partial charge in [-0.05, 0) is 55.3 Å². The average Bonchev–Trinajstić information content (AvgIpc) is 2.83. The monoisotopic (exact) mass is 340 g/mol. The molecule has 3 rings (SSSR count). The highest BCUT2D eigenvalue weighted by atomic mass is 32.1. The smallest absolute Gasteiger partial charge is 0.279 e. The number of nitrogens with zero attached hydrogens (tertiary/aromatic N) is 2. The molecule has 0 radical (unpaired) electrons. The van der Waals surface area contributed by atoms with Crippen LogP contribution >= 0.6 is 11.3 Å². The number of hydrogen-bond donors (Lipinski definition) is 0. The van der Waals surface area contributed by atoms with Crippen LogP contribution < -0.4 is 4.80 Å². The van der Waals surface area contributed by atoms with Gasteiger partial charge >= 0.3 is 0 Å². The standard InChI is InChI=1S/C19H17FN2OS/c1-12-6-4-5-7-16(12)18(23)21-19-22(3)17(13(2)24-19)14-8-10-15(20)11-9-14/h4-11H,1-3H3. The van der Waals surface area contributed by atoms with E-state index >= 15 is 0 Å². The molecule has 1 aromatic heterocycles. The number of carbonyl (C=O) groups excluding carboxylic acids is 1. The summed E-state index contributed by atoms with van der Waals surface area (Å²) >= 11 is 1.45. The molecule has 1 amide bonds. The summed E-state index contributed by atoms with van der Waals surface area (Å²) in [5, 5.41) is 0. The van der Waals surface area contributed by atoms with Crippen LogP contribution in [0.3, 0.4) is 0 Å². The van der Waals surface area contributed by atoms with Gasteiger partial charge in [-0.15, -0.1) is 11.3 Å². The normalized spacial score (nSPS) is 11.8. The molecular weight excluding hydrogens is 323 g/mol. The Hall–Kier alpha value is -2.53. The van der Waals surface area contributed by atoms with Crippen molar-refractivity contribution in [2.45, 2.75) is 13.8 Å². The van der Waals surface area contributed by atoms with E-state index < -0.39 is 0 Å². The molecule has 0 fully saturated rings. The Morgan fingerprint density at radius 2 is 1.75 bits per heavy atom. The van der Waals surface area contributed by atoms with E-state index in [0.717, 1.165) is 21.7 Å². The number of carbonyl (C=O) groups is 1. The second-order valence-electron chi connectivity index (χ2n) is 5.59. The molecule has 0 aliphatic carbocycles. The van der Waals surface area contributed by atoms with Gasteiger partial charge in [0.15, 0.2) is 4.80 Å². The third-order valence-corrected chi connectivity index (χ3v) is 4.94. The van der Waals surface area contributed by atoms with Gasteiger partial charge in [0.05, 0.1) is 5.69 Å². The third-order valence-electron chi connectivity index (χ3n) is 3.89. The van der Waals surface area contributed by atoms with Gasteiger partial charge in [-0.25, -0.2) is 4.39 Å². The maximum atomic E-state index is 13.1. The molecular formula is C19H17FN2OS. The Labute approximate surface area is 143 Å². The molecule has 0 saturated carbocycles. The van der Waals surface area contributed by atoms with Crippen molar-refractivity contribution >= 4 is 17.2 Å². The van der Waals surface area contributed by atoms with Gasteiger partial charge in [-0.2, -0.15) is 4.99 Å². The highest BCUT2D eigenvalue weighted by molar-refractivity contribution is 7.09. The van der Waals surface area contributed by atoms with Crippen LogP contribution in [0.15, 0.2) is 53.5 Å². The summed E-state index contributed by atoms with van der Waals surface area (Å²) in [5.74, 6) is -0.524. The minimum absolute atomic E-state index is 0.254. The number of aryl methyl sites for hydroxylation is 2.